The molecule has 0 saturated heterocycles. The van der Waals surface area contributed by atoms with Crippen LogP contribution in [0.4, 0.5) is 0 Å². The number of carbonyl (C=O) groups is 2. The van der Waals surface area contributed by atoms with Gasteiger partial charge in [-0.3, -0.25) is 0 Å². The largest absolute Gasteiger partial charge is 0.341 e. The van der Waals surface area contributed by atoms with Gasteiger partial charge >= 0.3 is 11.9 Å². The van der Waals surface area contributed by atoms with Crippen molar-refractivity contribution < 1.29 is 19.3 Å². The molecule has 32 heavy (non-hydrogen) atoms. The van der Waals surface area contributed by atoms with Crippen LogP contribution >= 0.6 is 0 Å². The lowest BCUT2D eigenvalue weighted by molar-refractivity contribution is -0.172. The Morgan fingerprint density at radius 2 is 0.812 bits per heavy atom. The lowest BCUT2D eigenvalue weighted by Crippen LogP contribution is -2.50. The monoisotopic (exact) mass is 440 g/mol. The Kier molecular flexibility index (Phi) is 4.82. The van der Waals surface area contributed by atoms with E-state index < -0.39 is 0 Å². The van der Waals surface area contributed by atoms with Crippen LogP contribution in [0.3, 0.4) is 0 Å². The first-order valence-electron chi connectivity index (χ1n) is 12.8. The minimum absolute atomic E-state index is 0.172. The number of hydrogen-bond donors (Lipinski definition) is 0. The van der Waals surface area contributed by atoms with E-state index in [2.05, 4.69) is 10.3 Å². The van der Waals surface area contributed by atoms with E-state index >= 15 is 0 Å². The number of hydrogen-bond acceptors (Lipinski definition) is 6. The fraction of sp³-hybridized carbons (Fsp3) is 0.846. The summed E-state index contributed by atoms with van der Waals surface area (Å²) in [6.07, 6.45) is 13.5. The smallest absolute Gasteiger partial charge is 0.317 e. The summed E-state index contributed by atoms with van der Waals surface area (Å²) in [7, 11) is 0. The molecule has 8 rings (SSSR count). The van der Waals surface area contributed by atoms with Crippen LogP contribution in [0, 0.1) is 46.3 Å². The molecule has 0 amide bonds. The number of rotatable bonds is 5. The molecule has 0 aromatic carbocycles. The summed E-state index contributed by atoms with van der Waals surface area (Å²) >= 11 is 0. The minimum atomic E-state index is -0.325. The first kappa shape index (κ1) is 20.9. The van der Waals surface area contributed by atoms with Crippen LogP contribution in [0.15, 0.2) is 10.3 Å². The van der Waals surface area contributed by atoms with E-state index in [-0.39, 0.29) is 22.8 Å². The predicted molar refractivity (Wildman–Crippen MR) is 120 cm³/mol. The van der Waals surface area contributed by atoms with E-state index in [9.17, 15) is 9.59 Å². The highest BCUT2D eigenvalue weighted by Crippen LogP contribution is 2.61. The Morgan fingerprint density at radius 1 is 0.562 bits per heavy atom. The second-order valence-corrected chi connectivity index (χ2v) is 12.5. The van der Waals surface area contributed by atoms with Gasteiger partial charge in [-0.15, -0.1) is 0 Å². The summed E-state index contributed by atoms with van der Waals surface area (Å²) in [5.41, 5.74) is 0.325. The van der Waals surface area contributed by atoms with E-state index in [1.807, 2.05) is 0 Å². The molecule has 8 saturated carbocycles. The third-order valence-electron chi connectivity index (χ3n) is 10.00. The van der Waals surface area contributed by atoms with Crippen LogP contribution in [-0.2, 0) is 19.3 Å². The molecule has 0 aromatic heterocycles. The van der Waals surface area contributed by atoms with Crippen molar-refractivity contribution in [3.63, 3.8) is 0 Å². The Labute approximate surface area is 190 Å². The van der Waals surface area contributed by atoms with E-state index in [1.165, 1.54) is 38.5 Å². The third-order valence-corrected chi connectivity index (χ3v) is 10.00. The zero-order valence-electron chi connectivity index (χ0n) is 19.5. The molecule has 0 spiro atoms. The van der Waals surface area contributed by atoms with Crippen LogP contribution in [0.25, 0.3) is 0 Å². The van der Waals surface area contributed by atoms with Gasteiger partial charge < -0.3 is 9.68 Å². The van der Waals surface area contributed by atoms with E-state index in [0.717, 1.165) is 38.5 Å². The molecule has 174 valence electrons. The van der Waals surface area contributed by atoms with Crippen molar-refractivity contribution in [3.8, 4) is 0 Å². The molecule has 8 aliphatic rings. The fourth-order valence-corrected chi connectivity index (χ4v) is 9.27. The molecular weight excluding hydrogens is 404 g/mol. The maximum absolute atomic E-state index is 13.0. The summed E-state index contributed by atoms with van der Waals surface area (Å²) in [5.74, 6) is 3.77. The number of oxime groups is 2. The molecule has 6 nitrogen and oxygen atoms in total. The van der Waals surface area contributed by atoms with E-state index in [1.54, 1.807) is 13.8 Å². The van der Waals surface area contributed by atoms with Gasteiger partial charge in [0.05, 0.1) is 10.8 Å². The van der Waals surface area contributed by atoms with Gasteiger partial charge in [0.1, 0.15) is 11.4 Å². The Bertz CT molecular complexity index is 746. The van der Waals surface area contributed by atoms with Crippen molar-refractivity contribution in [1.29, 1.82) is 0 Å². The zero-order chi connectivity index (χ0) is 22.1. The Hall–Kier alpha value is -1.72. The molecule has 0 heterocycles. The van der Waals surface area contributed by atoms with Gasteiger partial charge in [-0.25, -0.2) is 9.59 Å². The number of carbonyl (C=O) groups excluding carboxylic acids is 2. The standard InChI is InChI=1S/C26H36N2O4/c1-15(27-31-23(29)25-9-17-3-18(10-25)5-19(4-17)11-25)16(2)28-32-24(30)26-12-20-6-21(13-26)8-22(7-20)14-26/h17-22H,3-14H2,1-2H3/b27-15-,28-16-. The van der Waals surface area contributed by atoms with Gasteiger partial charge in [-0.1, -0.05) is 10.3 Å². The second kappa shape index (κ2) is 7.39. The van der Waals surface area contributed by atoms with Crippen molar-refractivity contribution in [2.45, 2.75) is 90.9 Å². The van der Waals surface area contributed by atoms with Crippen LogP contribution in [0.2, 0.25) is 0 Å². The maximum atomic E-state index is 13.0. The fourth-order valence-electron chi connectivity index (χ4n) is 9.27. The average molecular weight is 441 g/mol. The van der Waals surface area contributed by atoms with Gasteiger partial charge in [0.2, 0.25) is 0 Å². The zero-order valence-corrected chi connectivity index (χ0v) is 19.5. The Balaban J connectivity index is 1.08. The minimum Gasteiger partial charge on any atom is -0.317 e. The van der Waals surface area contributed by atoms with Crippen LogP contribution < -0.4 is 0 Å². The van der Waals surface area contributed by atoms with E-state index in [4.69, 9.17) is 9.68 Å². The molecule has 0 atom stereocenters. The lowest BCUT2D eigenvalue weighted by atomic mass is 9.49. The molecule has 0 radical (unpaired) electrons. The summed E-state index contributed by atoms with van der Waals surface area (Å²) in [5, 5.41) is 8.19. The second-order valence-electron chi connectivity index (χ2n) is 12.5. The van der Waals surface area contributed by atoms with Gasteiger partial charge in [-0.05, 0) is 126 Å². The van der Waals surface area contributed by atoms with Crippen molar-refractivity contribution >= 4 is 23.4 Å². The van der Waals surface area contributed by atoms with Crippen LogP contribution in [0.5, 0.6) is 0 Å². The molecule has 8 fully saturated rings. The summed E-state index contributed by atoms with van der Waals surface area (Å²) < 4.78 is 0. The maximum Gasteiger partial charge on any atom is 0.341 e. The number of nitrogens with zero attached hydrogens (tertiary/aromatic N) is 2. The van der Waals surface area contributed by atoms with Crippen LogP contribution in [0.1, 0.15) is 90.9 Å². The highest BCUT2D eigenvalue weighted by molar-refractivity contribution is 6.40. The molecule has 8 aliphatic carbocycles. The molecule has 0 aromatic rings. The van der Waals surface area contributed by atoms with Crippen LogP contribution in [-0.4, -0.2) is 23.4 Å². The average Bonchev–Trinajstić information content (AvgIpc) is 2.73. The normalized spacial score (nSPS) is 46.4. The molecule has 8 bridgehead atoms. The van der Waals surface area contributed by atoms with Crippen molar-refractivity contribution in [3.05, 3.63) is 0 Å². The molecule has 0 aliphatic heterocycles. The van der Waals surface area contributed by atoms with E-state index in [0.29, 0.717) is 46.9 Å². The van der Waals surface area contributed by atoms with Gasteiger partial charge in [0.25, 0.3) is 0 Å². The summed E-state index contributed by atoms with van der Waals surface area (Å²) in [6, 6.07) is 0. The van der Waals surface area contributed by atoms with Crippen molar-refractivity contribution in [2.24, 2.45) is 56.6 Å². The quantitative estimate of drug-likeness (QED) is 0.332. The van der Waals surface area contributed by atoms with Gasteiger partial charge in [-0.2, -0.15) is 0 Å². The van der Waals surface area contributed by atoms with Gasteiger partial charge in [0, 0.05) is 0 Å². The van der Waals surface area contributed by atoms with Gasteiger partial charge in [0.15, 0.2) is 0 Å². The highest BCUT2D eigenvalue weighted by atomic mass is 16.7. The summed E-state index contributed by atoms with van der Waals surface area (Å²) in [4.78, 5) is 36.9. The van der Waals surface area contributed by atoms with Crippen molar-refractivity contribution in [1.82, 2.24) is 0 Å². The molecular formula is C26H36N2O4. The van der Waals surface area contributed by atoms with Crippen molar-refractivity contribution in [2.75, 3.05) is 0 Å². The predicted octanol–water partition coefficient (Wildman–Crippen LogP) is 5.26. The molecule has 0 unspecified atom stereocenters. The molecule has 6 heteroatoms. The molecule has 0 N–H and O–H groups in total. The highest BCUT2D eigenvalue weighted by Gasteiger charge is 2.57. The summed E-state index contributed by atoms with van der Waals surface area (Å²) in [6.45, 7) is 3.51. The Morgan fingerprint density at radius 3 is 1.06 bits per heavy atom. The first-order valence-corrected chi connectivity index (χ1v) is 12.8. The topological polar surface area (TPSA) is 77.3 Å². The lowest BCUT2D eigenvalue weighted by Gasteiger charge is -2.54. The third kappa shape index (κ3) is 3.43. The first-order chi connectivity index (χ1) is 15.3. The SMILES string of the molecule is CC(=N/OC(=O)C12CC3CC(CC(C3)C1)C2)/C(C)=N\OC(=O)C12CC3CC(CC(C3)C1)C2.